The van der Waals surface area contributed by atoms with Crippen LogP contribution in [0.4, 0.5) is 0 Å². The van der Waals surface area contributed by atoms with Gasteiger partial charge in [-0.15, -0.1) is 0 Å². The van der Waals surface area contributed by atoms with Gasteiger partial charge in [-0.05, 0) is 19.9 Å². The summed E-state index contributed by atoms with van der Waals surface area (Å²) < 4.78 is 46.4. The molecule has 19 nitrogen and oxygen atoms in total. The van der Waals surface area contributed by atoms with Gasteiger partial charge in [0.15, 0.2) is 53.4 Å². The third-order valence-electron chi connectivity index (χ3n) is 10.2. The Labute approximate surface area is 328 Å². The van der Waals surface area contributed by atoms with Crippen molar-refractivity contribution in [2.45, 2.75) is 155 Å². The van der Waals surface area contributed by atoms with Crippen molar-refractivity contribution in [3.05, 3.63) is 12.2 Å². The van der Waals surface area contributed by atoms with Crippen molar-refractivity contribution >= 4 is 53.5 Å². The van der Waals surface area contributed by atoms with Crippen LogP contribution in [-0.2, 0) is 81.0 Å². The molecule has 3 aliphatic rings. The number of carbonyl (C=O) groups is 9. The largest absolute Gasteiger partial charge is 0.458 e. The lowest BCUT2D eigenvalue weighted by molar-refractivity contribution is -0.273. The summed E-state index contributed by atoms with van der Waals surface area (Å²) in [7, 11) is 0. The van der Waals surface area contributed by atoms with E-state index in [4.69, 9.17) is 37.9 Å². The Balaban J connectivity index is 2.81. The van der Waals surface area contributed by atoms with Gasteiger partial charge in [0.2, 0.25) is 5.78 Å². The lowest BCUT2D eigenvalue weighted by Crippen LogP contribution is -2.73. The highest BCUT2D eigenvalue weighted by molar-refractivity contribution is 5.98. The Hall–Kier alpha value is -4.91. The van der Waals surface area contributed by atoms with Crippen LogP contribution in [0.15, 0.2) is 12.2 Å². The van der Waals surface area contributed by atoms with E-state index in [2.05, 4.69) is 0 Å². The van der Waals surface area contributed by atoms with Crippen LogP contribution >= 0.6 is 0 Å². The molecule has 0 aromatic heterocycles. The predicted molar refractivity (Wildman–Crippen MR) is 188 cm³/mol. The SMILES string of the molecule is CC(=O)OC1C(OC(C)=O)C(C)(C)C=CC(C)(O)C(=O)C2(O)C(C(OC(C)=O)C(C)(OC(C)=O)C2OC(C)=O)C2OC(=O)CCC2(OC(C)=O)C1OC(=O)C(C)C. The second kappa shape index (κ2) is 16.5. The summed E-state index contributed by atoms with van der Waals surface area (Å²) in [6.07, 6.45) is -12.2. The summed E-state index contributed by atoms with van der Waals surface area (Å²) in [5.41, 5.74) is -13.2. The fraction of sp³-hybridized carbons (Fsp3) is 0.711. The van der Waals surface area contributed by atoms with Crippen LogP contribution in [0.3, 0.4) is 0 Å². The third kappa shape index (κ3) is 9.14. The van der Waals surface area contributed by atoms with Crippen molar-refractivity contribution in [2.24, 2.45) is 17.3 Å². The number of carbonyl (C=O) groups excluding carboxylic acids is 9. The maximum Gasteiger partial charge on any atom is 0.308 e. The van der Waals surface area contributed by atoms with Crippen LogP contribution in [0, 0.1) is 17.3 Å². The summed E-state index contributed by atoms with van der Waals surface area (Å²) in [5.74, 6) is -13.7. The number of fused-ring (bicyclic) bond motifs is 3. The van der Waals surface area contributed by atoms with Gasteiger partial charge in [-0.25, -0.2) is 0 Å². The van der Waals surface area contributed by atoms with Crippen LogP contribution in [-0.4, -0.2) is 123 Å². The molecule has 0 spiro atoms. The zero-order valence-electron chi connectivity index (χ0n) is 34.0. The summed E-state index contributed by atoms with van der Waals surface area (Å²) in [5, 5.41) is 25.2. The number of ketones is 1. The van der Waals surface area contributed by atoms with Crippen LogP contribution < -0.4 is 0 Å². The third-order valence-corrected chi connectivity index (χ3v) is 10.2. The van der Waals surface area contributed by atoms with Gasteiger partial charge in [0.1, 0.15) is 5.60 Å². The maximum atomic E-state index is 15.1. The van der Waals surface area contributed by atoms with Gasteiger partial charge in [-0.2, -0.15) is 0 Å². The second-order valence-electron chi connectivity index (χ2n) is 15.9. The van der Waals surface area contributed by atoms with Crippen LogP contribution in [0.5, 0.6) is 0 Å². The number of Topliss-reactive ketones (excluding diaryl/α,β-unsaturated/α-hetero) is 1. The van der Waals surface area contributed by atoms with Crippen molar-refractivity contribution in [3.8, 4) is 0 Å². The first-order chi connectivity index (χ1) is 26.0. The van der Waals surface area contributed by atoms with Gasteiger partial charge in [-0.1, -0.05) is 33.8 Å². The first-order valence-corrected chi connectivity index (χ1v) is 18.2. The van der Waals surface area contributed by atoms with Crippen molar-refractivity contribution in [2.75, 3.05) is 0 Å². The topological polar surface area (TPSA) is 268 Å². The molecule has 19 heteroatoms. The minimum Gasteiger partial charge on any atom is -0.458 e. The molecule has 2 N–H and O–H groups in total. The highest BCUT2D eigenvalue weighted by atomic mass is 16.7. The lowest BCUT2D eigenvalue weighted by atomic mass is 9.65. The molecule has 0 aromatic rings. The molecule has 0 aromatic carbocycles. The fourth-order valence-corrected chi connectivity index (χ4v) is 7.98. The minimum absolute atomic E-state index is 0.641. The Morgan fingerprint density at radius 2 is 1.19 bits per heavy atom. The van der Waals surface area contributed by atoms with E-state index >= 15 is 4.79 Å². The number of ether oxygens (including phenoxy) is 8. The van der Waals surface area contributed by atoms with Gasteiger partial charge < -0.3 is 48.1 Å². The zero-order chi connectivity index (χ0) is 43.8. The summed E-state index contributed by atoms with van der Waals surface area (Å²) >= 11 is 0. The number of aliphatic hydroxyl groups is 2. The fourth-order valence-electron chi connectivity index (χ4n) is 7.98. The van der Waals surface area contributed by atoms with E-state index in [1.807, 2.05) is 0 Å². The van der Waals surface area contributed by atoms with Gasteiger partial charge >= 0.3 is 47.8 Å². The molecule has 11 unspecified atom stereocenters. The van der Waals surface area contributed by atoms with Crippen LogP contribution in [0.2, 0.25) is 0 Å². The Bertz CT molecular complexity index is 1710. The molecule has 318 valence electrons. The first-order valence-electron chi connectivity index (χ1n) is 18.2. The van der Waals surface area contributed by atoms with Crippen molar-refractivity contribution in [3.63, 3.8) is 0 Å². The molecular weight excluding hydrogens is 760 g/mol. The van der Waals surface area contributed by atoms with E-state index in [0.29, 0.717) is 0 Å². The normalized spacial score (nSPS) is 36.1. The summed E-state index contributed by atoms with van der Waals surface area (Å²) in [6, 6.07) is 0. The van der Waals surface area contributed by atoms with Crippen LogP contribution in [0.25, 0.3) is 0 Å². The molecule has 1 heterocycles. The molecular formula is C38H52O19. The first kappa shape index (κ1) is 46.5. The van der Waals surface area contributed by atoms with Crippen LogP contribution in [0.1, 0.15) is 95.9 Å². The van der Waals surface area contributed by atoms with E-state index in [0.717, 1.165) is 67.5 Å². The molecule has 1 saturated heterocycles. The number of hydrogen-bond acceptors (Lipinski definition) is 19. The molecule has 2 fully saturated rings. The standard InChI is InChI=1S/C38H52O19/c1-17(2)31(46)55-30-26(50-18(3)39)29(52-20(5)41)34(9,10)15-16-35(11,48)32(47)38(49)25(28-37(30,57-23(8)44)14-13-24(45)54-28)27(51-19(4)40)36(12,56-22(7)43)33(38)53-21(6)42/h15-17,25-30,33,48-49H,13-14H2,1-12H3. The highest BCUT2D eigenvalue weighted by Crippen LogP contribution is 2.57. The molecule has 0 radical (unpaired) electrons. The molecule has 57 heavy (non-hydrogen) atoms. The van der Waals surface area contributed by atoms with Gasteiger partial charge in [0, 0.05) is 59.8 Å². The Morgan fingerprint density at radius 1 is 0.684 bits per heavy atom. The highest BCUT2D eigenvalue weighted by Gasteiger charge is 2.81. The monoisotopic (exact) mass is 812 g/mol. The predicted octanol–water partition coefficient (Wildman–Crippen LogP) is 0.887. The van der Waals surface area contributed by atoms with Crippen molar-refractivity contribution in [1.29, 1.82) is 0 Å². The zero-order valence-corrected chi connectivity index (χ0v) is 34.0. The minimum atomic E-state index is -3.44. The smallest absolute Gasteiger partial charge is 0.308 e. The quantitative estimate of drug-likeness (QED) is 0.196. The maximum absolute atomic E-state index is 15.1. The Morgan fingerprint density at radius 3 is 1.67 bits per heavy atom. The molecule has 0 amide bonds. The summed E-state index contributed by atoms with van der Waals surface area (Å²) in [4.78, 5) is 120. The van der Waals surface area contributed by atoms with Gasteiger partial charge in [0.05, 0.1) is 11.8 Å². The van der Waals surface area contributed by atoms with E-state index in [9.17, 15) is 48.6 Å². The number of rotatable bonds is 8. The molecule has 2 aliphatic carbocycles. The van der Waals surface area contributed by atoms with Crippen molar-refractivity contribution in [1.82, 2.24) is 0 Å². The molecule has 11 atom stereocenters. The average molecular weight is 813 g/mol. The van der Waals surface area contributed by atoms with E-state index in [-0.39, 0.29) is 0 Å². The van der Waals surface area contributed by atoms with Crippen molar-refractivity contribution < 1.29 is 91.3 Å². The second-order valence-corrected chi connectivity index (χ2v) is 15.9. The molecule has 0 bridgehead atoms. The lowest BCUT2D eigenvalue weighted by Gasteiger charge is -2.53. The molecule has 1 saturated carbocycles. The number of hydrogen-bond donors (Lipinski definition) is 2. The Kier molecular flexibility index (Phi) is 13.5. The van der Waals surface area contributed by atoms with E-state index in [1.165, 1.54) is 27.7 Å². The average Bonchev–Trinajstić information content (AvgIpc) is 3.21. The number of esters is 8. The molecule has 3 rings (SSSR count). The molecule has 1 aliphatic heterocycles. The van der Waals surface area contributed by atoms with E-state index < -0.39 is 143 Å². The summed E-state index contributed by atoms with van der Waals surface area (Å²) in [6.45, 7) is 13.2. The van der Waals surface area contributed by atoms with E-state index in [1.54, 1.807) is 0 Å². The van der Waals surface area contributed by atoms with Gasteiger partial charge in [0.25, 0.3) is 0 Å². The van der Waals surface area contributed by atoms with Gasteiger partial charge in [-0.3, -0.25) is 43.2 Å².